The van der Waals surface area contributed by atoms with Crippen molar-refractivity contribution in [2.24, 2.45) is 0 Å². The lowest BCUT2D eigenvalue weighted by molar-refractivity contribution is -0.127. The van der Waals surface area contributed by atoms with Gasteiger partial charge in [-0.1, -0.05) is 25.5 Å². The second-order valence-electron chi connectivity index (χ2n) is 4.77. The van der Waals surface area contributed by atoms with E-state index in [4.69, 9.17) is 4.74 Å². The predicted octanol–water partition coefficient (Wildman–Crippen LogP) is 3.07. The summed E-state index contributed by atoms with van der Waals surface area (Å²) in [6, 6.07) is 7.92. The summed E-state index contributed by atoms with van der Waals surface area (Å²) in [5.41, 5.74) is 1.12. The van der Waals surface area contributed by atoms with Gasteiger partial charge >= 0.3 is 0 Å². The maximum Gasteiger partial charge on any atom is 0.260 e. The summed E-state index contributed by atoms with van der Waals surface area (Å²) in [5.74, 6) is 0.679. The van der Waals surface area contributed by atoms with E-state index < -0.39 is 6.10 Å². The second-order valence-corrected chi connectivity index (χ2v) is 4.77. The molecule has 1 aromatic rings. The summed E-state index contributed by atoms with van der Waals surface area (Å²) in [6.07, 6.45) is 1.59. The Morgan fingerprint density at radius 1 is 1.39 bits per heavy atom. The highest BCUT2D eigenvalue weighted by Gasteiger charge is 2.16. The Balaban J connectivity index is 2.49. The van der Waals surface area contributed by atoms with Crippen molar-refractivity contribution in [3.63, 3.8) is 0 Å². The summed E-state index contributed by atoms with van der Waals surface area (Å²) >= 11 is 0. The highest BCUT2D eigenvalue weighted by atomic mass is 16.5. The van der Waals surface area contributed by atoms with E-state index in [-0.39, 0.29) is 11.9 Å². The number of amides is 1. The minimum absolute atomic E-state index is 0.0579. The third-order valence-electron chi connectivity index (χ3n) is 2.78. The van der Waals surface area contributed by atoms with Gasteiger partial charge in [0.15, 0.2) is 6.10 Å². The van der Waals surface area contributed by atoms with Gasteiger partial charge in [-0.25, -0.2) is 0 Å². The molecule has 1 aromatic carbocycles. The quantitative estimate of drug-likeness (QED) is 0.841. The molecule has 3 heteroatoms. The van der Waals surface area contributed by atoms with Gasteiger partial charge in [-0.05, 0) is 44.9 Å². The highest BCUT2D eigenvalue weighted by molar-refractivity contribution is 5.80. The molecule has 0 aliphatic rings. The maximum absolute atomic E-state index is 11.9. The highest BCUT2D eigenvalue weighted by Crippen LogP contribution is 2.14. The van der Waals surface area contributed by atoms with Crippen molar-refractivity contribution in [2.45, 2.75) is 52.7 Å². The van der Waals surface area contributed by atoms with Crippen LogP contribution in [-0.2, 0) is 4.79 Å². The molecule has 1 rings (SSSR count). The predicted molar refractivity (Wildman–Crippen MR) is 73.8 cm³/mol. The molecule has 1 N–H and O–H groups in total. The van der Waals surface area contributed by atoms with Crippen molar-refractivity contribution in [3.8, 4) is 5.75 Å². The van der Waals surface area contributed by atoms with E-state index in [1.807, 2.05) is 38.1 Å². The van der Waals surface area contributed by atoms with Gasteiger partial charge in [0, 0.05) is 6.04 Å². The van der Waals surface area contributed by atoms with Crippen molar-refractivity contribution in [3.05, 3.63) is 29.8 Å². The van der Waals surface area contributed by atoms with Crippen LogP contribution in [-0.4, -0.2) is 18.1 Å². The van der Waals surface area contributed by atoms with E-state index in [1.165, 1.54) is 0 Å². The van der Waals surface area contributed by atoms with Crippen LogP contribution in [0.15, 0.2) is 24.3 Å². The van der Waals surface area contributed by atoms with E-state index in [1.54, 1.807) is 6.92 Å². The van der Waals surface area contributed by atoms with Crippen LogP contribution in [0.25, 0.3) is 0 Å². The number of benzene rings is 1. The van der Waals surface area contributed by atoms with Gasteiger partial charge in [-0.2, -0.15) is 0 Å². The molecule has 1 amide bonds. The molecule has 0 radical (unpaired) electrons. The van der Waals surface area contributed by atoms with Crippen LogP contribution in [0.4, 0.5) is 0 Å². The number of rotatable bonds is 6. The lowest BCUT2D eigenvalue weighted by Gasteiger charge is -2.18. The molecule has 0 bridgehead atoms. The molecule has 0 aliphatic heterocycles. The average molecular weight is 249 g/mol. The number of nitrogens with one attached hydrogen (secondary N) is 1. The Kier molecular flexibility index (Phi) is 5.69. The lowest BCUT2D eigenvalue weighted by Crippen LogP contribution is -2.41. The smallest absolute Gasteiger partial charge is 0.260 e. The fraction of sp³-hybridized carbons (Fsp3) is 0.533. The molecule has 100 valence electrons. The molecule has 18 heavy (non-hydrogen) atoms. The Bertz CT molecular complexity index is 390. The Labute approximate surface area is 110 Å². The zero-order chi connectivity index (χ0) is 13.5. The molecule has 0 fully saturated rings. The van der Waals surface area contributed by atoms with Gasteiger partial charge in [0.1, 0.15) is 5.75 Å². The van der Waals surface area contributed by atoms with Gasteiger partial charge in [-0.15, -0.1) is 0 Å². The number of carbonyl (C=O) groups excluding carboxylic acids is 1. The molecule has 0 aromatic heterocycles. The third kappa shape index (κ3) is 4.78. The van der Waals surface area contributed by atoms with Crippen molar-refractivity contribution >= 4 is 5.91 Å². The SMILES string of the molecule is CCC[C@H](C)NC(=O)[C@H](C)Oc1cccc(C)c1. The summed E-state index contributed by atoms with van der Waals surface area (Å²) in [5, 5.41) is 2.95. The van der Waals surface area contributed by atoms with E-state index in [9.17, 15) is 4.79 Å². The molecule has 0 spiro atoms. The first-order valence-corrected chi connectivity index (χ1v) is 6.56. The number of hydrogen-bond acceptors (Lipinski definition) is 2. The Hall–Kier alpha value is -1.51. The van der Waals surface area contributed by atoms with Gasteiger partial charge in [0.2, 0.25) is 0 Å². The van der Waals surface area contributed by atoms with Gasteiger partial charge in [-0.3, -0.25) is 4.79 Å². The van der Waals surface area contributed by atoms with Crippen molar-refractivity contribution in [1.82, 2.24) is 5.32 Å². The molecule has 2 atom stereocenters. The zero-order valence-electron chi connectivity index (χ0n) is 11.7. The van der Waals surface area contributed by atoms with Gasteiger partial charge in [0.25, 0.3) is 5.91 Å². The first-order chi connectivity index (χ1) is 8.52. The summed E-state index contributed by atoms with van der Waals surface area (Å²) in [4.78, 5) is 11.9. The largest absolute Gasteiger partial charge is 0.481 e. The van der Waals surface area contributed by atoms with Crippen molar-refractivity contribution in [1.29, 1.82) is 0 Å². The van der Waals surface area contributed by atoms with E-state index in [2.05, 4.69) is 12.2 Å². The fourth-order valence-electron chi connectivity index (χ4n) is 1.81. The maximum atomic E-state index is 11.9. The number of aryl methyl sites for hydroxylation is 1. The van der Waals surface area contributed by atoms with Crippen LogP contribution in [0.1, 0.15) is 39.2 Å². The van der Waals surface area contributed by atoms with Crippen molar-refractivity contribution in [2.75, 3.05) is 0 Å². The van der Waals surface area contributed by atoms with Crippen LogP contribution >= 0.6 is 0 Å². The Morgan fingerprint density at radius 2 is 2.11 bits per heavy atom. The second kappa shape index (κ2) is 7.04. The van der Waals surface area contributed by atoms with Crippen LogP contribution in [0.5, 0.6) is 5.75 Å². The molecule has 0 aliphatic carbocycles. The van der Waals surface area contributed by atoms with Crippen LogP contribution in [0, 0.1) is 6.92 Å². The topological polar surface area (TPSA) is 38.3 Å². The summed E-state index contributed by atoms with van der Waals surface area (Å²) in [7, 11) is 0. The fourth-order valence-corrected chi connectivity index (χ4v) is 1.81. The average Bonchev–Trinajstić information content (AvgIpc) is 2.29. The van der Waals surface area contributed by atoms with Crippen molar-refractivity contribution < 1.29 is 9.53 Å². The van der Waals surface area contributed by atoms with E-state index in [0.717, 1.165) is 24.2 Å². The summed E-state index contributed by atoms with van der Waals surface area (Å²) in [6.45, 7) is 7.90. The third-order valence-corrected chi connectivity index (χ3v) is 2.78. The number of carbonyl (C=O) groups is 1. The Morgan fingerprint density at radius 3 is 2.72 bits per heavy atom. The monoisotopic (exact) mass is 249 g/mol. The van der Waals surface area contributed by atoms with E-state index >= 15 is 0 Å². The van der Waals surface area contributed by atoms with E-state index in [0.29, 0.717) is 0 Å². The summed E-state index contributed by atoms with van der Waals surface area (Å²) < 4.78 is 5.62. The lowest BCUT2D eigenvalue weighted by atomic mass is 10.2. The standard InChI is InChI=1S/C15H23NO2/c1-5-7-12(3)16-15(17)13(4)18-14-9-6-8-11(2)10-14/h6,8-10,12-13H,5,7H2,1-4H3,(H,16,17)/t12-,13-/m0/s1. The normalized spacial score (nSPS) is 13.8. The molecule has 0 unspecified atom stereocenters. The first-order valence-electron chi connectivity index (χ1n) is 6.56. The van der Waals surface area contributed by atoms with Crippen LogP contribution in [0.2, 0.25) is 0 Å². The minimum atomic E-state index is -0.467. The molecular formula is C15H23NO2. The molecule has 0 saturated carbocycles. The van der Waals surface area contributed by atoms with Crippen LogP contribution < -0.4 is 10.1 Å². The molecule has 0 heterocycles. The first kappa shape index (κ1) is 14.6. The number of hydrogen-bond donors (Lipinski definition) is 1. The minimum Gasteiger partial charge on any atom is -0.481 e. The molecular weight excluding hydrogens is 226 g/mol. The molecule has 0 saturated heterocycles. The van der Waals surface area contributed by atoms with Gasteiger partial charge in [0.05, 0.1) is 0 Å². The van der Waals surface area contributed by atoms with Gasteiger partial charge < -0.3 is 10.1 Å². The molecule has 3 nitrogen and oxygen atoms in total. The zero-order valence-corrected chi connectivity index (χ0v) is 11.7. The van der Waals surface area contributed by atoms with Crippen LogP contribution in [0.3, 0.4) is 0 Å². The number of ether oxygens (including phenoxy) is 1.